The Morgan fingerprint density at radius 1 is 1.43 bits per heavy atom. The first-order valence-electron chi connectivity index (χ1n) is 8.14. The zero-order valence-corrected chi connectivity index (χ0v) is 14.5. The van der Waals surface area contributed by atoms with Crippen LogP contribution < -0.4 is 10.1 Å². The highest BCUT2D eigenvalue weighted by molar-refractivity contribution is 5.58. The van der Waals surface area contributed by atoms with Crippen molar-refractivity contribution in [3.05, 3.63) is 28.3 Å². The molecule has 0 aliphatic carbocycles. The lowest BCUT2D eigenvalue weighted by Gasteiger charge is -2.30. The highest BCUT2D eigenvalue weighted by atomic mass is 16.6. The van der Waals surface area contributed by atoms with Gasteiger partial charge in [-0.25, -0.2) is 0 Å². The van der Waals surface area contributed by atoms with E-state index in [4.69, 9.17) is 4.74 Å². The maximum Gasteiger partial charge on any atom is 0.311 e. The molecule has 6 heteroatoms. The summed E-state index contributed by atoms with van der Waals surface area (Å²) in [6, 6.07) is 4.99. The molecule has 0 amide bonds. The molecule has 2 rings (SSSR count). The Bertz CT molecular complexity index is 555. The fraction of sp³-hybridized carbons (Fsp3) is 0.647. The predicted molar refractivity (Wildman–Crippen MR) is 92.2 cm³/mol. The average Bonchev–Trinajstić information content (AvgIpc) is 2.43. The smallest absolute Gasteiger partial charge is 0.311 e. The summed E-state index contributed by atoms with van der Waals surface area (Å²) in [5.74, 6) is 0.921. The van der Waals surface area contributed by atoms with Crippen molar-refractivity contribution in [2.24, 2.45) is 5.92 Å². The molecule has 6 nitrogen and oxygen atoms in total. The summed E-state index contributed by atoms with van der Waals surface area (Å²) in [7, 11) is 2.15. The van der Waals surface area contributed by atoms with E-state index in [1.54, 1.807) is 12.1 Å². The third kappa shape index (κ3) is 5.39. The molecule has 1 saturated heterocycles. The van der Waals surface area contributed by atoms with Crippen molar-refractivity contribution in [1.29, 1.82) is 0 Å². The van der Waals surface area contributed by atoms with Gasteiger partial charge in [-0.3, -0.25) is 10.1 Å². The van der Waals surface area contributed by atoms with Gasteiger partial charge in [0.05, 0.1) is 4.92 Å². The lowest BCUT2D eigenvalue weighted by Crippen LogP contribution is -2.35. The number of hydrogen-bond acceptors (Lipinski definition) is 5. The van der Waals surface area contributed by atoms with E-state index in [9.17, 15) is 10.1 Å². The highest BCUT2D eigenvalue weighted by Crippen LogP contribution is 2.33. The monoisotopic (exact) mass is 321 g/mol. The Kier molecular flexibility index (Phi) is 5.46. The van der Waals surface area contributed by atoms with Gasteiger partial charge < -0.3 is 15.0 Å². The molecule has 128 valence electrons. The fourth-order valence-electron chi connectivity index (χ4n) is 2.89. The van der Waals surface area contributed by atoms with Gasteiger partial charge in [0.2, 0.25) is 0 Å². The summed E-state index contributed by atoms with van der Waals surface area (Å²) in [6.07, 6.45) is 2.44. The first-order valence-corrected chi connectivity index (χ1v) is 8.14. The summed E-state index contributed by atoms with van der Waals surface area (Å²) in [6.45, 7) is 8.78. The fourth-order valence-corrected chi connectivity index (χ4v) is 2.89. The number of ether oxygens (including phenoxy) is 1. The number of hydrogen-bond donors (Lipinski definition) is 1. The van der Waals surface area contributed by atoms with Crippen molar-refractivity contribution in [1.82, 2.24) is 4.90 Å². The maximum absolute atomic E-state index is 11.2. The SMILES string of the molecule is CN1CCCC(CNc2ccc([N+](=O)[O-])c(OC(C)(C)C)c2)C1. The van der Waals surface area contributed by atoms with Crippen molar-refractivity contribution in [2.45, 2.75) is 39.2 Å². The molecule has 0 bridgehead atoms. The third-order valence-electron chi connectivity index (χ3n) is 3.89. The van der Waals surface area contributed by atoms with Crippen LogP contribution >= 0.6 is 0 Å². The molecule has 1 N–H and O–H groups in total. The highest BCUT2D eigenvalue weighted by Gasteiger charge is 2.22. The van der Waals surface area contributed by atoms with Gasteiger partial charge in [-0.15, -0.1) is 0 Å². The second-order valence-electron chi connectivity index (χ2n) is 7.31. The molecule has 0 radical (unpaired) electrons. The van der Waals surface area contributed by atoms with Gasteiger partial charge in [0.25, 0.3) is 0 Å². The normalized spacial score (nSPS) is 19.4. The zero-order valence-electron chi connectivity index (χ0n) is 14.5. The number of likely N-dealkylation sites (tertiary alicyclic amines) is 1. The number of nitro groups is 1. The second kappa shape index (κ2) is 7.17. The molecule has 1 aliphatic rings. The molecule has 23 heavy (non-hydrogen) atoms. The van der Waals surface area contributed by atoms with E-state index in [2.05, 4.69) is 17.3 Å². The molecule has 1 unspecified atom stereocenters. The Hall–Kier alpha value is -1.82. The Balaban J connectivity index is 2.07. The molecular weight excluding hydrogens is 294 g/mol. The molecule has 1 fully saturated rings. The van der Waals surface area contributed by atoms with Crippen LogP contribution in [0.1, 0.15) is 33.6 Å². The van der Waals surface area contributed by atoms with Gasteiger partial charge in [0, 0.05) is 30.9 Å². The standard InChI is InChI=1S/C17H27N3O3/c1-17(2,3)23-16-10-14(7-8-15(16)20(21)22)18-11-13-6-5-9-19(4)12-13/h7-8,10,13,18H,5-6,9,11-12H2,1-4H3. The number of rotatable bonds is 5. The summed E-state index contributed by atoms with van der Waals surface area (Å²) in [5.41, 5.74) is 0.390. The first kappa shape index (κ1) is 17.5. The second-order valence-corrected chi connectivity index (χ2v) is 7.31. The van der Waals surface area contributed by atoms with Gasteiger partial charge in [0.1, 0.15) is 5.60 Å². The van der Waals surface area contributed by atoms with E-state index in [1.807, 2.05) is 20.8 Å². The lowest BCUT2D eigenvalue weighted by atomic mass is 9.98. The number of piperidine rings is 1. The van der Waals surface area contributed by atoms with Crippen molar-refractivity contribution in [3.63, 3.8) is 0 Å². The molecule has 1 heterocycles. The van der Waals surface area contributed by atoms with Crippen molar-refractivity contribution in [3.8, 4) is 5.75 Å². The molecule has 0 saturated carbocycles. The van der Waals surface area contributed by atoms with Gasteiger partial charge in [-0.05, 0) is 59.2 Å². The maximum atomic E-state index is 11.2. The van der Waals surface area contributed by atoms with Crippen LogP contribution in [0.2, 0.25) is 0 Å². The molecule has 1 aromatic carbocycles. The van der Waals surface area contributed by atoms with Crippen LogP contribution in [0.3, 0.4) is 0 Å². The largest absolute Gasteiger partial charge is 0.481 e. The van der Waals surface area contributed by atoms with Crippen LogP contribution in [-0.4, -0.2) is 42.1 Å². The molecule has 0 spiro atoms. The minimum Gasteiger partial charge on any atom is -0.481 e. The average molecular weight is 321 g/mol. The van der Waals surface area contributed by atoms with Crippen molar-refractivity contribution in [2.75, 3.05) is 32.0 Å². The molecule has 1 atom stereocenters. The number of nitrogens with zero attached hydrogens (tertiary/aromatic N) is 2. The molecule has 0 aromatic heterocycles. The van der Waals surface area contributed by atoms with Crippen molar-refractivity contribution < 1.29 is 9.66 Å². The number of nitro benzene ring substituents is 1. The predicted octanol–water partition coefficient (Wildman–Crippen LogP) is 3.53. The van der Waals surface area contributed by atoms with Crippen molar-refractivity contribution >= 4 is 11.4 Å². The summed E-state index contributed by atoms with van der Waals surface area (Å²) >= 11 is 0. The quantitative estimate of drug-likeness (QED) is 0.664. The van der Waals surface area contributed by atoms with E-state index in [-0.39, 0.29) is 5.69 Å². The van der Waals surface area contributed by atoms with E-state index in [0.29, 0.717) is 11.7 Å². The van der Waals surface area contributed by atoms with E-state index < -0.39 is 10.5 Å². The number of benzene rings is 1. The van der Waals surface area contributed by atoms with Crippen LogP contribution in [0, 0.1) is 16.0 Å². The molecular formula is C17H27N3O3. The molecule has 1 aliphatic heterocycles. The van der Waals surface area contributed by atoms with Gasteiger partial charge in [-0.2, -0.15) is 0 Å². The minimum atomic E-state index is -0.477. The van der Waals surface area contributed by atoms with E-state index >= 15 is 0 Å². The molecule has 1 aromatic rings. The summed E-state index contributed by atoms with van der Waals surface area (Å²) < 4.78 is 5.75. The number of nitrogens with one attached hydrogen (secondary N) is 1. The Morgan fingerprint density at radius 2 is 2.17 bits per heavy atom. The van der Waals surface area contributed by atoms with Crippen LogP contribution in [0.4, 0.5) is 11.4 Å². The minimum absolute atomic E-state index is 0.00266. The summed E-state index contributed by atoms with van der Waals surface area (Å²) in [5, 5.41) is 14.6. The topological polar surface area (TPSA) is 67.6 Å². The van der Waals surface area contributed by atoms with Crippen LogP contribution in [0.15, 0.2) is 18.2 Å². The summed E-state index contributed by atoms with van der Waals surface area (Å²) in [4.78, 5) is 13.1. The third-order valence-corrected chi connectivity index (χ3v) is 3.89. The Labute approximate surface area is 138 Å². The van der Waals surface area contributed by atoms with Gasteiger partial charge in [0.15, 0.2) is 5.75 Å². The lowest BCUT2D eigenvalue weighted by molar-refractivity contribution is -0.386. The van der Waals surface area contributed by atoms with Crippen LogP contribution in [-0.2, 0) is 0 Å². The van der Waals surface area contributed by atoms with Crippen LogP contribution in [0.5, 0.6) is 5.75 Å². The number of anilines is 1. The Morgan fingerprint density at radius 3 is 2.78 bits per heavy atom. The van der Waals surface area contributed by atoms with Crippen LogP contribution in [0.25, 0.3) is 0 Å². The first-order chi connectivity index (χ1) is 10.7. The van der Waals surface area contributed by atoms with E-state index in [0.717, 1.165) is 25.3 Å². The zero-order chi connectivity index (χ0) is 17.0. The van der Waals surface area contributed by atoms with E-state index in [1.165, 1.54) is 18.9 Å². The van der Waals surface area contributed by atoms with Gasteiger partial charge >= 0.3 is 5.69 Å². The van der Waals surface area contributed by atoms with Gasteiger partial charge in [-0.1, -0.05) is 0 Å².